The standard InChI is InChI=1S/C12H23N3O2/c1-3-9(2)15-11(16)6-8-14-12(17)10-5-4-7-13-10/h9-10,13H,3-8H2,1-2H3,(H,14,17)(H,15,16)/t9?,10-/m1/s1. The van der Waals surface area contributed by atoms with Crippen LogP contribution in [-0.4, -0.2) is 37.0 Å². The molecule has 0 aromatic rings. The Bertz CT molecular complexity index is 262. The van der Waals surface area contributed by atoms with Gasteiger partial charge in [0.2, 0.25) is 11.8 Å². The van der Waals surface area contributed by atoms with E-state index in [1.165, 1.54) is 0 Å². The SMILES string of the molecule is CCC(C)NC(=O)CCNC(=O)[C@H]1CCCN1. The third kappa shape index (κ3) is 5.17. The van der Waals surface area contributed by atoms with E-state index in [2.05, 4.69) is 16.0 Å². The van der Waals surface area contributed by atoms with Crippen LogP contribution >= 0.6 is 0 Å². The van der Waals surface area contributed by atoms with Crippen LogP contribution in [0.25, 0.3) is 0 Å². The van der Waals surface area contributed by atoms with Gasteiger partial charge in [0.25, 0.3) is 0 Å². The Kier molecular flexibility index (Phi) is 5.97. The van der Waals surface area contributed by atoms with Gasteiger partial charge < -0.3 is 16.0 Å². The van der Waals surface area contributed by atoms with E-state index in [9.17, 15) is 9.59 Å². The Morgan fingerprint density at radius 1 is 1.47 bits per heavy atom. The van der Waals surface area contributed by atoms with E-state index in [4.69, 9.17) is 0 Å². The highest BCUT2D eigenvalue weighted by molar-refractivity contribution is 5.83. The molecule has 2 atom stereocenters. The molecule has 0 radical (unpaired) electrons. The van der Waals surface area contributed by atoms with E-state index >= 15 is 0 Å². The highest BCUT2D eigenvalue weighted by Crippen LogP contribution is 2.04. The monoisotopic (exact) mass is 241 g/mol. The average Bonchev–Trinajstić information content (AvgIpc) is 2.82. The molecule has 0 bridgehead atoms. The van der Waals surface area contributed by atoms with E-state index in [0.29, 0.717) is 13.0 Å². The van der Waals surface area contributed by atoms with Crippen LogP contribution in [0.3, 0.4) is 0 Å². The molecule has 1 fully saturated rings. The van der Waals surface area contributed by atoms with Crippen molar-refractivity contribution in [3.05, 3.63) is 0 Å². The van der Waals surface area contributed by atoms with Crippen molar-refractivity contribution >= 4 is 11.8 Å². The summed E-state index contributed by atoms with van der Waals surface area (Å²) in [5, 5.41) is 8.77. The molecule has 0 saturated carbocycles. The quantitative estimate of drug-likeness (QED) is 0.620. The van der Waals surface area contributed by atoms with Gasteiger partial charge in [0.15, 0.2) is 0 Å². The highest BCUT2D eigenvalue weighted by atomic mass is 16.2. The lowest BCUT2D eigenvalue weighted by atomic mass is 10.2. The molecule has 5 nitrogen and oxygen atoms in total. The number of amides is 2. The molecule has 3 N–H and O–H groups in total. The number of carbonyl (C=O) groups is 2. The molecule has 1 heterocycles. The van der Waals surface area contributed by atoms with Crippen molar-refractivity contribution in [2.45, 2.75) is 51.6 Å². The van der Waals surface area contributed by atoms with Crippen molar-refractivity contribution in [3.8, 4) is 0 Å². The predicted octanol–water partition coefficient (Wildman–Crippen LogP) is 0.159. The minimum absolute atomic E-state index is 0.000897. The molecule has 98 valence electrons. The summed E-state index contributed by atoms with van der Waals surface area (Å²) in [5.74, 6) is 0.0119. The Hall–Kier alpha value is -1.10. The van der Waals surface area contributed by atoms with Crippen molar-refractivity contribution in [3.63, 3.8) is 0 Å². The first-order valence-corrected chi connectivity index (χ1v) is 6.44. The van der Waals surface area contributed by atoms with E-state index in [1.54, 1.807) is 0 Å². The minimum atomic E-state index is -0.0624. The molecule has 2 amide bonds. The molecule has 1 saturated heterocycles. The van der Waals surface area contributed by atoms with Gasteiger partial charge in [-0.1, -0.05) is 6.92 Å². The lowest BCUT2D eigenvalue weighted by Crippen LogP contribution is -2.42. The van der Waals surface area contributed by atoms with Crippen molar-refractivity contribution in [1.29, 1.82) is 0 Å². The molecule has 17 heavy (non-hydrogen) atoms. The first kappa shape index (κ1) is 14.0. The Balaban J connectivity index is 2.10. The normalized spacial score (nSPS) is 20.9. The van der Waals surface area contributed by atoms with Crippen molar-refractivity contribution in [2.24, 2.45) is 0 Å². The molecular weight excluding hydrogens is 218 g/mol. The molecule has 0 spiro atoms. The molecular formula is C12H23N3O2. The summed E-state index contributed by atoms with van der Waals surface area (Å²) >= 11 is 0. The molecule has 5 heteroatoms. The number of hydrogen-bond donors (Lipinski definition) is 3. The summed E-state index contributed by atoms with van der Waals surface area (Å²) in [4.78, 5) is 23.0. The lowest BCUT2D eigenvalue weighted by Gasteiger charge is -2.13. The van der Waals surface area contributed by atoms with Gasteiger partial charge in [-0.25, -0.2) is 0 Å². The van der Waals surface area contributed by atoms with Gasteiger partial charge in [-0.15, -0.1) is 0 Å². The zero-order valence-electron chi connectivity index (χ0n) is 10.7. The lowest BCUT2D eigenvalue weighted by molar-refractivity contribution is -0.123. The number of nitrogens with one attached hydrogen (secondary N) is 3. The fourth-order valence-electron chi connectivity index (χ4n) is 1.78. The van der Waals surface area contributed by atoms with Gasteiger partial charge in [0, 0.05) is 19.0 Å². The van der Waals surface area contributed by atoms with Crippen LogP contribution in [0.5, 0.6) is 0 Å². The van der Waals surface area contributed by atoms with Gasteiger partial charge in [-0.2, -0.15) is 0 Å². The zero-order valence-corrected chi connectivity index (χ0v) is 10.7. The van der Waals surface area contributed by atoms with Crippen LogP contribution in [0.4, 0.5) is 0 Å². The topological polar surface area (TPSA) is 70.2 Å². The second-order valence-corrected chi connectivity index (χ2v) is 4.57. The summed E-state index contributed by atoms with van der Waals surface area (Å²) in [5.41, 5.74) is 0. The predicted molar refractivity (Wildman–Crippen MR) is 66.5 cm³/mol. The summed E-state index contributed by atoms with van der Waals surface area (Å²) in [7, 11) is 0. The summed E-state index contributed by atoms with van der Waals surface area (Å²) in [6.45, 7) is 5.32. The maximum Gasteiger partial charge on any atom is 0.237 e. The third-order valence-electron chi connectivity index (χ3n) is 3.05. The molecule has 0 aromatic heterocycles. The van der Waals surface area contributed by atoms with Crippen LogP contribution in [0.15, 0.2) is 0 Å². The molecule has 0 aliphatic carbocycles. The Morgan fingerprint density at radius 2 is 2.24 bits per heavy atom. The van der Waals surface area contributed by atoms with Crippen LogP contribution in [-0.2, 0) is 9.59 Å². The minimum Gasteiger partial charge on any atom is -0.354 e. The van der Waals surface area contributed by atoms with Gasteiger partial charge in [-0.3, -0.25) is 9.59 Å². The van der Waals surface area contributed by atoms with E-state index in [0.717, 1.165) is 25.8 Å². The smallest absolute Gasteiger partial charge is 0.237 e. The fraction of sp³-hybridized carbons (Fsp3) is 0.833. The molecule has 1 aliphatic heterocycles. The van der Waals surface area contributed by atoms with Gasteiger partial charge in [0.05, 0.1) is 6.04 Å². The molecule has 1 unspecified atom stereocenters. The maximum absolute atomic E-state index is 11.6. The van der Waals surface area contributed by atoms with Gasteiger partial charge in [0.1, 0.15) is 0 Å². The average molecular weight is 241 g/mol. The van der Waals surface area contributed by atoms with E-state index < -0.39 is 0 Å². The zero-order chi connectivity index (χ0) is 12.7. The van der Waals surface area contributed by atoms with E-state index in [1.807, 2.05) is 13.8 Å². The van der Waals surface area contributed by atoms with E-state index in [-0.39, 0.29) is 23.9 Å². The molecule has 1 aliphatic rings. The number of carbonyl (C=O) groups excluding carboxylic acids is 2. The summed E-state index contributed by atoms with van der Waals surface area (Å²) in [6.07, 6.45) is 3.21. The Morgan fingerprint density at radius 3 is 2.82 bits per heavy atom. The second kappa shape index (κ2) is 7.27. The molecule has 1 rings (SSSR count). The first-order valence-electron chi connectivity index (χ1n) is 6.44. The van der Waals surface area contributed by atoms with Gasteiger partial charge >= 0.3 is 0 Å². The van der Waals surface area contributed by atoms with Crippen molar-refractivity contribution in [1.82, 2.24) is 16.0 Å². The summed E-state index contributed by atoms with van der Waals surface area (Å²) < 4.78 is 0. The largest absolute Gasteiger partial charge is 0.354 e. The van der Waals surface area contributed by atoms with Crippen LogP contribution in [0.1, 0.15) is 39.5 Å². The first-order chi connectivity index (χ1) is 8.13. The molecule has 0 aromatic carbocycles. The van der Waals surface area contributed by atoms with Crippen LogP contribution in [0, 0.1) is 0 Å². The van der Waals surface area contributed by atoms with Crippen molar-refractivity contribution < 1.29 is 9.59 Å². The van der Waals surface area contributed by atoms with Crippen LogP contribution in [0.2, 0.25) is 0 Å². The van der Waals surface area contributed by atoms with Crippen LogP contribution < -0.4 is 16.0 Å². The fourth-order valence-corrected chi connectivity index (χ4v) is 1.78. The van der Waals surface area contributed by atoms with Gasteiger partial charge in [-0.05, 0) is 32.7 Å². The summed E-state index contributed by atoms with van der Waals surface area (Å²) in [6, 6.07) is 0.141. The maximum atomic E-state index is 11.6. The number of hydrogen-bond acceptors (Lipinski definition) is 3. The second-order valence-electron chi connectivity index (χ2n) is 4.57. The Labute approximate surface area is 103 Å². The highest BCUT2D eigenvalue weighted by Gasteiger charge is 2.21. The third-order valence-corrected chi connectivity index (χ3v) is 3.05. The van der Waals surface area contributed by atoms with Crippen molar-refractivity contribution in [2.75, 3.05) is 13.1 Å². The number of rotatable bonds is 6.